The normalized spacial score (nSPS) is 13.5. The number of hydrogen-bond donors (Lipinski definition) is 0. The maximum Gasteiger partial charge on any atom is -0.0323 e. The minimum absolute atomic E-state index is 0.523. The molecule has 0 bridgehead atoms. The maximum absolute atomic E-state index is 2.32. The molecule has 0 heteroatoms. The molecule has 0 N–H and O–H groups in total. The van der Waals surface area contributed by atoms with Gasteiger partial charge in [0.2, 0.25) is 0 Å². The van der Waals surface area contributed by atoms with E-state index in [0.29, 0.717) is 5.41 Å². The SMILES string of the molecule is C/C=C(\C)CCCCCC(C)(C)C. The molecule has 0 heterocycles. The zero-order chi connectivity index (χ0) is 10.3. The van der Waals surface area contributed by atoms with Crippen LogP contribution >= 0.6 is 0 Å². The molecule has 0 saturated carbocycles. The van der Waals surface area contributed by atoms with Crippen molar-refractivity contribution in [2.24, 2.45) is 5.41 Å². The van der Waals surface area contributed by atoms with E-state index in [9.17, 15) is 0 Å². The Labute approximate surface area is 84.4 Å². The number of hydrogen-bond acceptors (Lipinski definition) is 0. The second kappa shape index (κ2) is 6.23. The van der Waals surface area contributed by atoms with Gasteiger partial charge in [0, 0.05) is 0 Å². The third-order valence-corrected chi connectivity index (χ3v) is 2.49. The van der Waals surface area contributed by atoms with Crippen LogP contribution in [0.3, 0.4) is 0 Å². The van der Waals surface area contributed by atoms with Crippen LogP contribution in [0, 0.1) is 5.41 Å². The smallest absolute Gasteiger partial charge is 0.0323 e. The van der Waals surface area contributed by atoms with Crippen molar-refractivity contribution in [2.45, 2.75) is 66.7 Å². The second-order valence-electron chi connectivity index (χ2n) is 5.26. The molecule has 0 aliphatic rings. The molecule has 13 heavy (non-hydrogen) atoms. The van der Waals surface area contributed by atoms with Crippen LogP contribution in [0.5, 0.6) is 0 Å². The fourth-order valence-corrected chi connectivity index (χ4v) is 1.38. The van der Waals surface area contributed by atoms with Crippen molar-refractivity contribution in [3.05, 3.63) is 11.6 Å². The van der Waals surface area contributed by atoms with Crippen LogP contribution in [0.15, 0.2) is 11.6 Å². The molecule has 0 nitrogen and oxygen atoms in total. The van der Waals surface area contributed by atoms with Gasteiger partial charge in [0.15, 0.2) is 0 Å². The molecule has 0 aromatic heterocycles. The Kier molecular flexibility index (Phi) is 6.11. The monoisotopic (exact) mass is 182 g/mol. The lowest BCUT2D eigenvalue weighted by Gasteiger charge is -2.17. The second-order valence-corrected chi connectivity index (χ2v) is 5.26. The molecule has 0 fully saturated rings. The lowest BCUT2D eigenvalue weighted by Crippen LogP contribution is -2.03. The number of allylic oxidation sites excluding steroid dienone is 2. The summed E-state index contributed by atoms with van der Waals surface area (Å²) < 4.78 is 0. The third-order valence-electron chi connectivity index (χ3n) is 2.49. The first-order valence-corrected chi connectivity index (χ1v) is 5.57. The first kappa shape index (κ1) is 12.7. The standard InChI is InChI=1S/C13H26/c1-6-12(2)10-8-7-9-11-13(3,4)5/h6H,7-11H2,1-5H3/b12-6+. The van der Waals surface area contributed by atoms with Crippen molar-refractivity contribution in [1.29, 1.82) is 0 Å². The molecular formula is C13H26. The predicted octanol–water partition coefficient (Wildman–Crippen LogP) is 4.95. The van der Waals surface area contributed by atoms with Crippen molar-refractivity contribution < 1.29 is 0 Å². The van der Waals surface area contributed by atoms with E-state index in [1.54, 1.807) is 0 Å². The van der Waals surface area contributed by atoms with E-state index in [4.69, 9.17) is 0 Å². The molecule has 0 aliphatic heterocycles. The van der Waals surface area contributed by atoms with E-state index < -0.39 is 0 Å². The fourth-order valence-electron chi connectivity index (χ4n) is 1.38. The molecule has 0 unspecified atom stereocenters. The topological polar surface area (TPSA) is 0 Å². The highest BCUT2D eigenvalue weighted by molar-refractivity contribution is 4.94. The minimum atomic E-state index is 0.523. The van der Waals surface area contributed by atoms with Gasteiger partial charge in [-0.1, -0.05) is 45.3 Å². The Morgan fingerprint density at radius 1 is 1.08 bits per heavy atom. The van der Waals surface area contributed by atoms with Crippen LogP contribution in [-0.4, -0.2) is 0 Å². The minimum Gasteiger partial charge on any atom is -0.0887 e. The summed E-state index contributed by atoms with van der Waals surface area (Å²) in [5.74, 6) is 0. The zero-order valence-electron chi connectivity index (χ0n) is 10.1. The van der Waals surface area contributed by atoms with Gasteiger partial charge in [0.25, 0.3) is 0 Å². The van der Waals surface area contributed by atoms with Crippen LogP contribution in [0.2, 0.25) is 0 Å². The van der Waals surface area contributed by atoms with E-state index in [-0.39, 0.29) is 0 Å². The summed E-state index contributed by atoms with van der Waals surface area (Å²) in [7, 11) is 0. The summed E-state index contributed by atoms with van der Waals surface area (Å²) in [5, 5.41) is 0. The van der Waals surface area contributed by atoms with E-state index in [1.165, 1.54) is 37.7 Å². The van der Waals surface area contributed by atoms with Crippen molar-refractivity contribution in [1.82, 2.24) is 0 Å². The van der Waals surface area contributed by atoms with Crippen LogP contribution in [0.4, 0.5) is 0 Å². The molecule has 0 aliphatic carbocycles. The van der Waals surface area contributed by atoms with Crippen LogP contribution in [-0.2, 0) is 0 Å². The summed E-state index contributed by atoms with van der Waals surface area (Å²) in [6.45, 7) is 11.3. The van der Waals surface area contributed by atoms with Crippen molar-refractivity contribution in [3.8, 4) is 0 Å². The quantitative estimate of drug-likeness (QED) is 0.417. The maximum atomic E-state index is 2.32. The Bertz CT molecular complexity index is 146. The average molecular weight is 182 g/mol. The Morgan fingerprint density at radius 2 is 1.69 bits per heavy atom. The molecule has 78 valence electrons. The highest BCUT2D eigenvalue weighted by Crippen LogP contribution is 2.22. The van der Waals surface area contributed by atoms with Gasteiger partial charge >= 0.3 is 0 Å². The number of unbranched alkanes of at least 4 members (excludes halogenated alkanes) is 2. The molecule has 0 amide bonds. The predicted molar refractivity (Wildman–Crippen MR) is 62.0 cm³/mol. The molecule has 0 rings (SSSR count). The first-order valence-electron chi connectivity index (χ1n) is 5.57. The third kappa shape index (κ3) is 9.66. The molecular weight excluding hydrogens is 156 g/mol. The summed E-state index contributed by atoms with van der Waals surface area (Å²) in [5.41, 5.74) is 2.06. The summed E-state index contributed by atoms with van der Waals surface area (Å²) in [6.07, 6.45) is 9.03. The molecule has 0 radical (unpaired) electrons. The highest BCUT2D eigenvalue weighted by atomic mass is 14.1. The first-order chi connectivity index (χ1) is 5.95. The van der Waals surface area contributed by atoms with Gasteiger partial charge in [-0.05, 0) is 38.5 Å². The Hall–Kier alpha value is -0.260. The van der Waals surface area contributed by atoms with Gasteiger partial charge < -0.3 is 0 Å². The summed E-state index contributed by atoms with van der Waals surface area (Å²) in [4.78, 5) is 0. The molecule has 0 aromatic rings. The van der Waals surface area contributed by atoms with Crippen LogP contribution in [0.1, 0.15) is 66.7 Å². The average Bonchev–Trinajstić information content (AvgIpc) is 2.01. The molecule has 0 aromatic carbocycles. The summed E-state index contributed by atoms with van der Waals surface area (Å²) in [6, 6.07) is 0. The fraction of sp³-hybridized carbons (Fsp3) is 0.846. The Balaban J connectivity index is 3.28. The zero-order valence-corrected chi connectivity index (χ0v) is 10.1. The van der Waals surface area contributed by atoms with Gasteiger partial charge in [-0.2, -0.15) is 0 Å². The van der Waals surface area contributed by atoms with Crippen molar-refractivity contribution in [3.63, 3.8) is 0 Å². The van der Waals surface area contributed by atoms with E-state index in [0.717, 1.165) is 0 Å². The van der Waals surface area contributed by atoms with Crippen molar-refractivity contribution in [2.75, 3.05) is 0 Å². The van der Waals surface area contributed by atoms with Gasteiger partial charge in [0.05, 0.1) is 0 Å². The van der Waals surface area contributed by atoms with Crippen LogP contribution in [0.25, 0.3) is 0 Å². The number of rotatable bonds is 5. The largest absolute Gasteiger partial charge is 0.0887 e. The molecule has 0 spiro atoms. The van der Waals surface area contributed by atoms with Gasteiger partial charge in [-0.25, -0.2) is 0 Å². The molecule has 0 saturated heterocycles. The highest BCUT2D eigenvalue weighted by Gasteiger charge is 2.08. The lowest BCUT2D eigenvalue weighted by atomic mass is 9.89. The van der Waals surface area contributed by atoms with E-state index in [2.05, 4.69) is 40.7 Å². The van der Waals surface area contributed by atoms with Gasteiger partial charge in [-0.15, -0.1) is 0 Å². The van der Waals surface area contributed by atoms with E-state index >= 15 is 0 Å². The lowest BCUT2D eigenvalue weighted by molar-refractivity contribution is 0.358. The van der Waals surface area contributed by atoms with E-state index in [1.807, 2.05) is 0 Å². The van der Waals surface area contributed by atoms with Gasteiger partial charge in [-0.3, -0.25) is 0 Å². The Morgan fingerprint density at radius 3 is 2.15 bits per heavy atom. The van der Waals surface area contributed by atoms with Crippen LogP contribution < -0.4 is 0 Å². The summed E-state index contributed by atoms with van der Waals surface area (Å²) >= 11 is 0. The molecule has 0 atom stereocenters. The van der Waals surface area contributed by atoms with Crippen molar-refractivity contribution >= 4 is 0 Å². The van der Waals surface area contributed by atoms with Gasteiger partial charge in [0.1, 0.15) is 0 Å².